The summed E-state index contributed by atoms with van der Waals surface area (Å²) in [6.45, 7) is 3.83. The van der Waals surface area contributed by atoms with Gasteiger partial charge >= 0.3 is 0 Å². The van der Waals surface area contributed by atoms with Crippen LogP contribution in [-0.4, -0.2) is 5.11 Å². The molecule has 0 heterocycles. The number of rotatable bonds is 1. The summed E-state index contributed by atoms with van der Waals surface area (Å²) >= 11 is 0. The molecule has 68 valence electrons. The number of aryl methyl sites for hydroxylation is 1. The second-order valence-corrected chi connectivity index (χ2v) is 2.85. The maximum Gasteiger partial charge on any atom is 0.120 e. The minimum atomic E-state index is -0.102. The summed E-state index contributed by atoms with van der Waals surface area (Å²) in [7, 11) is 0. The quantitative estimate of drug-likeness (QED) is 0.708. The van der Waals surface area contributed by atoms with E-state index in [2.05, 4.69) is 0 Å². The highest BCUT2D eigenvalue weighted by atomic mass is 35.5. The first kappa shape index (κ1) is 11.3. The van der Waals surface area contributed by atoms with E-state index in [-0.39, 0.29) is 24.2 Å². The van der Waals surface area contributed by atoms with Crippen LogP contribution in [0.25, 0.3) is 0 Å². The summed E-state index contributed by atoms with van der Waals surface area (Å²) in [4.78, 5) is 0. The summed E-state index contributed by atoms with van der Waals surface area (Å²) in [5.41, 5.74) is 7.55. The number of hydrogen-bond acceptors (Lipinski definition) is 2. The Kier molecular flexibility index (Phi) is 4.07. The number of phenolic OH excluding ortho intramolecular Hbond substituents is 1. The molecular formula is C9H14ClNO. The highest BCUT2D eigenvalue weighted by Crippen LogP contribution is 2.22. The Hall–Kier alpha value is -0.730. The van der Waals surface area contributed by atoms with Gasteiger partial charge in [-0.05, 0) is 19.9 Å². The number of aromatic hydroxyl groups is 1. The van der Waals surface area contributed by atoms with Crippen molar-refractivity contribution in [2.75, 3.05) is 0 Å². The first-order valence-corrected chi connectivity index (χ1v) is 3.66. The van der Waals surface area contributed by atoms with Gasteiger partial charge in [-0.1, -0.05) is 17.7 Å². The molecular weight excluding hydrogens is 174 g/mol. The van der Waals surface area contributed by atoms with Gasteiger partial charge in [0.15, 0.2) is 0 Å². The molecule has 1 aromatic rings. The van der Waals surface area contributed by atoms with Crippen LogP contribution in [0.15, 0.2) is 18.2 Å². The van der Waals surface area contributed by atoms with E-state index in [0.717, 1.165) is 11.1 Å². The molecule has 3 N–H and O–H groups in total. The van der Waals surface area contributed by atoms with Gasteiger partial charge in [0.1, 0.15) is 5.75 Å². The Morgan fingerprint density at radius 2 is 2.00 bits per heavy atom. The molecule has 0 aromatic heterocycles. The van der Waals surface area contributed by atoms with Gasteiger partial charge in [-0.25, -0.2) is 0 Å². The number of benzene rings is 1. The first-order valence-electron chi connectivity index (χ1n) is 3.66. The van der Waals surface area contributed by atoms with Crippen LogP contribution in [0.1, 0.15) is 24.1 Å². The Labute approximate surface area is 78.8 Å². The minimum Gasteiger partial charge on any atom is -0.508 e. The van der Waals surface area contributed by atoms with Crippen LogP contribution in [0, 0.1) is 6.92 Å². The number of nitrogens with two attached hydrogens (primary N) is 1. The van der Waals surface area contributed by atoms with E-state index in [1.165, 1.54) is 0 Å². The van der Waals surface area contributed by atoms with Crippen molar-refractivity contribution in [2.45, 2.75) is 19.9 Å². The van der Waals surface area contributed by atoms with E-state index in [9.17, 15) is 5.11 Å². The summed E-state index contributed by atoms with van der Waals surface area (Å²) in [5, 5.41) is 9.33. The smallest absolute Gasteiger partial charge is 0.120 e. The molecule has 1 aromatic carbocycles. The van der Waals surface area contributed by atoms with E-state index in [0.29, 0.717) is 0 Å². The lowest BCUT2D eigenvalue weighted by Gasteiger charge is -2.08. The monoisotopic (exact) mass is 187 g/mol. The fraction of sp³-hybridized carbons (Fsp3) is 0.333. The average Bonchev–Trinajstić information content (AvgIpc) is 1.94. The van der Waals surface area contributed by atoms with Crippen LogP contribution in [0.4, 0.5) is 0 Å². The predicted octanol–water partition coefficient (Wildman–Crippen LogP) is 2.14. The zero-order valence-electron chi connectivity index (χ0n) is 7.24. The lowest BCUT2D eigenvalue weighted by molar-refractivity contribution is 0.463. The van der Waals surface area contributed by atoms with E-state index in [1.54, 1.807) is 6.07 Å². The summed E-state index contributed by atoms with van der Waals surface area (Å²) in [6.07, 6.45) is 0. The van der Waals surface area contributed by atoms with Crippen LogP contribution in [0.5, 0.6) is 5.75 Å². The molecule has 1 atom stereocenters. The van der Waals surface area contributed by atoms with Crippen molar-refractivity contribution in [3.05, 3.63) is 29.3 Å². The highest BCUT2D eigenvalue weighted by Gasteiger charge is 2.04. The number of halogens is 1. The summed E-state index contributed by atoms with van der Waals surface area (Å²) < 4.78 is 0. The molecule has 0 unspecified atom stereocenters. The standard InChI is InChI=1S/C9H13NO.ClH/c1-6-3-4-9(11)8(5-6)7(2)10;/h3-5,7,11H,10H2,1-2H3;1H/t7-;/m0./s1. The fourth-order valence-corrected chi connectivity index (χ4v) is 1.04. The van der Waals surface area contributed by atoms with Crippen LogP contribution < -0.4 is 5.73 Å². The van der Waals surface area contributed by atoms with Crippen molar-refractivity contribution < 1.29 is 5.11 Å². The lowest BCUT2D eigenvalue weighted by atomic mass is 10.1. The molecule has 0 aliphatic rings. The predicted molar refractivity (Wildman–Crippen MR) is 52.7 cm³/mol. The van der Waals surface area contributed by atoms with Crippen molar-refractivity contribution in [1.82, 2.24) is 0 Å². The molecule has 0 fully saturated rings. The fourth-order valence-electron chi connectivity index (χ4n) is 1.04. The van der Waals surface area contributed by atoms with Crippen LogP contribution in [-0.2, 0) is 0 Å². The second-order valence-electron chi connectivity index (χ2n) is 2.85. The molecule has 12 heavy (non-hydrogen) atoms. The van der Waals surface area contributed by atoms with Crippen LogP contribution in [0.2, 0.25) is 0 Å². The maximum atomic E-state index is 9.33. The van der Waals surface area contributed by atoms with Crippen molar-refractivity contribution in [2.24, 2.45) is 5.73 Å². The number of hydrogen-bond donors (Lipinski definition) is 2. The van der Waals surface area contributed by atoms with Gasteiger partial charge in [-0.15, -0.1) is 12.4 Å². The van der Waals surface area contributed by atoms with Crippen molar-refractivity contribution in [3.63, 3.8) is 0 Å². The SMILES string of the molecule is Cc1ccc(O)c([C@H](C)N)c1.Cl. The first-order chi connectivity index (χ1) is 5.11. The third kappa shape index (κ3) is 2.40. The van der Waals surface area contributed by atoms with Gasteiger partial charge in [-0.2, -0.15) is 0 Å². The molecule has 0 saturated carbocycles. The summed E-state index contributed by atoms with van der Waals surface area (Å²) in [6, 6.07) is 5.34. The molecule has 3 heteroatoms. The normalized spacial score (nSPS) is 11.9. The molecule has 1 rings (SSSR count). The molecule has 0 spiro atoms. The number of phenols is 1. The molecule has 0 aliphatic carbocycles. The van der Waals surface area contributed by atoms with Crippen LogP contribution >= 0.6 is 12.4 Å². The van der Waals surface area contributed by atoms with Gasteiger partial charge in [0, 0.05) is 11.6 Å². The van der Waals surface area contributed by atoms with Gasteiger partial charge in [0.2, 0.25) is 0 Å². The average molecular weight is 188 g/mol. The zero-order valence-corrected chi connectivity index (χ0v) is 8.06. The zero-order chi connectivity index (χ0) is 8.43. The van der Waals surface area contributed by atoms with Gasteiger partial charge in [0.05, 0.1) is 0 Å². The van der Waals surface area contributed by atoms with Gasteiger partial charge in [0.25, 0.3) is 0 Å². The Morgan fingerprint density at radius 3 is 2.42 bits per heavy atom. The van der Waals surface area contributed by atoms with Gasteiger partial charge in [-0.3, -0.25) is 0 Å². The molecule has 2 nitrogen and oxygen atoms in total. The largest absolute Gasteiger partial charge is 0.508 e. The van der Waals surface area contributed by atoms with Crippen molar-refractivity contribution >= 4 is 12.4 Å². The Balaban J connectivity index is 0.00000121. The molecule has 0 saturated heterocycles. The lowest BCUT2D eigenvalue weighted by Crippen LogP contribution is -2.05. The topological polar surface area (TPSA) is 46.2 Å². The highest BCUT2D eigenvalue weighted by molar-refractivity contribution is 5.85. The summed E-state index contributed by atoms with van der Waals surface area (Å²) in [5.74, 6) is 0.283. The van der Waals surface area contributed by atoms with Crippen molar-refractivity contribution in [1.29, 1.82) is 0 Å². The third-order valence-corrected chi connectivity index (χ3v) is 1.67. The van der Waals surface area contributed by atoms with E-state index >= 15 is 0 Å². The third-order valence-electron chi connectivity index (χ3n) is 1.67. The molecule has 0 bridgehead atoms. The maximum absolute atomic E-state index is 9.33. The molecule has 0 amide bonds. The minimum absolute atomic E-state index is 0. The second kappa shape index (κ2) is 4.33. The van der Waals surface area contributed by atoms with E-state index in [1.807, 2.05) is 26.0 Å². The van der Waals surface area contributed by atoms with Crippen molar-refractivity contribution in [3.8, 4) is 5.75 Å². The Bertz CT molecular complexity index is 261. The van der Waals surface area contributed by atoms with Gasteiger partial charge < -0.3 is 10.8 Å². The van der Waals surface area contributed by atoms with E-state index < -0.39 is 0 Å². The van der Waals surface area contributed by atoms with E-state index in [4.69, 9.17) is 5.73 Å². The Morgan fingerprint density at radius 1 is 1.42 bits per heavy atom. The van der Waals surface area contributed by atoms with Crippen LogP contribution in [0.3, 0.4) is 0 Å². The molecule has 0 radical (unpaired) electrons. The molecule has 0 aliphatic heterocycles.